The number of rotatable bonds is 3. The lowest BCUT2D eigenvalue weighted by Crippen LogP contribution is -2.22. The number of aromatic nitrogens is 2. The molecular weight excluding hydrogens is 378 g/mol. The number of nitrogens with one attached hydrogen (secondary N) is 2. The van der Waals surface area contributed by atoms with Crippen LogP contribution in [0.15, 0.2) is 48.8 Å². The monoisotopic (exact) mass is 397 g/mol. The third kappa shape index (κ3) is 2.24. The lowest BCUT2D eigenvalue weighted by atomic mass is 9.94. The Kier molecular flexibility index (Phi) is 3.47. The Balaban J connectivity index is 1.69. The Labute approximate surface area is 172 Å². The molecule has 2 aromatic heterocycles. The molecule has 0 bridgehead atoms. The third-order valence-corrected chi connectivity index (χ3v) is 6.16. The number of ether oxygens (including phenoxy) is 1. The summed E-state index contributed by atoms with van der Waals surface area (Å²) in [7, 11) is 1.65. The van der Waals surface area contributed by atoms with Gasteiger partial charge < -0.3 is 14.3 Å². The van der Waals surface area contributed by atoms with Crippen molar-refractivity contribution in [3.05, 3.63) is 65.5 Å². The van der Waals surface area contributed by atoms with Gasteiger partial charge in [0.05, 0.1) is 23.8 Å². The van der Waals surface area contributed by atoms with E-state index < -0.39 is 0 Å². The molecule has 0 radical (unpaired) electrons. The molecule has 6 heteroatoms. The molecule has 6 nitrogen and oxygen atoms in total. The van der Waals surface area contributed by atoms with Crippen molar-refractivity contribution in [2.45, 2.75) is 19.4 Å². The third-order valence-electron chi connectivity index (χ3n) is 6.16. The maximum absolute atomic E-state index is 13.0. The van der Waals surface area contributed by atoms with Crippen LogP contribution in [0.3, 0.4) is 0 Å². The van der Waals surface area contributed by atoms with E-state index in [0.29, 0.717) is 11.1 Å². The number of carbonyl (C=O) groups is 2. The van der Waals surface area contributed by atoms with Gasteiger partial charge in [-0.05, 0) is 36.6 Å². The Morgan fingerprint density at radius 2 is 1.80 bits per heavy atom. The molecule has 2 aliphatic rings. The highest BCUT2D eigenvalue weighted by Crippen LogP contribution is 2.41. The Morgan fingerprint density at radius 1 is 1.00 bits per heavy atom. The van der Waals surface area contributed by atoms with E-state index in [4.69, 9.17) is 4.74 Å². The first-order chi connectivity index (χ1) is 14.7. The number of amides is 2. The minimum atomic E-state index is -0.362. The number of imide groups is 1. The maximum Gasteiger partial charge on any atom is 0.259 e. The molecule has 0 fully saturated rings. The molecule has 0 spiro atoms. The van der Waals surface area contributed by atoms with Crippen LogP contribution in [0.25, 0.3) is 33.0 Å². The van der Waals surface area contributed by atoms with Gasteiger partial charge in [-0.15, -0.1) is 0 Å². The van der Waals surface area contributed by atoms with Crippen LogP contribution in [-0.2, 0) is 22.6 Å². The van der Waals surface area contributed by atoms with E-state index in [2.05, 4.69) is 20.9 Å². The zero-order chi connectivity index (χ0) is 20.4. The molecule has 0 saturated carbocycles. The van der Waals surface area contributed by atoms with E-state index in [1.54, 1.807) is 7.11 Å². The average Bonchev–Trinajstić information content (AvgIpc) is 3.42. The molecule has 4 aromatic rings. The second-order valence-corrected chi connectivity index (χ2v) is 7.80. The number of methoxy groups -OCH3 is 1. The van der Waals surface area contributed by atoms with Crippen molar-refractivity contribution in [1.82, 2.24) is 14.9 Å². The lowest BCUT2D eigenvalue weighted by Gasteiger charge is -2.16. The predicted octanol–water partition coefficient (Wildman–Crippen LogP) is 3.64. The quantitative estimate of drug-likeness (QED) is 0.518. The number of aryl methyl sites for hydroxylation is 2. The lowest BCUT2D eigenvalue weighted by molar-refractivity contribution is -0.122. The smallest absolute Gasteiger partial charge is 0.259 e. The van der Waals surface area contributed by atoms with E-state index >= 15 is 0 Å². The first kappa shape index (κ1) is 17.1. The van der Waals surface area contributed by atoms with Gasteiger partial charge in [0, 0.05) is 46.4 Å². The molecule has 2 N–H and O–H groups in total. The first-order valence-corrected chi connectivity index (χ1v) is 10.0. The summed E-state index contributed by atoms with van der Waals surface area (Å²) in [5.41, 5.74) is 5.61. The molecule has 0 aliphatic carbocycles. The minimum Gasteiger partial charge on any atom is -0.497 e. The van der Waals surface area contributed by atoms with Crippen LogP contribution in [0.4, 0.5) is 0 Å². The van der Waals surface area contributed by atoms with E-state index in [9.17, 15) is 9.59 Å². The molecule has 148 valence electrons. The number of para-hydroxylation sites is 1. The zero-order valence-electron chi connectivity index (χ0n) is 16.4. The van der Waals surface area contributed by atoms with Gasteiger partial charge in [-0.3, -0.25) is 14.9 Å². The normalized spacial score (nSPS) is 16.0. The van der Waals surface area contributed by atoms with Crippen molar-refractivity contribution in [3.63, 3.8) is 0 Å². The fourth-order valence-corrected chi connectivity index (χ4v) is 4.87. The number of fused-ring (bicyclic) bond motifs is 1. The van der Waals surface area contributed by atoms with E-state index in [0.717, 1.165) is 58.1 Å². The maximum atomic E-state index is 13.0. The van der Waals surface area contributed by atoms with Crippen molar-refractivity contribution >= 4 is 44.8 Å². The van der Waals surface area contributed by atoms with Gasteiger partial charge >= 0.3 is 0 Å². The molecule has 2 aliphatic heterocycles. The summed E-state index contributed by atoms with van der Waals surface area (Å²) in [6, 6.07) is 11.8. The van der Waals surface area contributed by atoms with Crippen LogP contribution in [0.2, 0.25) is 0 Å². The van der Waals surface area contributed by atoms with Gasteiger partial charge in [-0.25, -0.2) is 0 Å². The summed E-state index contributed by atoms with van der Waals surface area (Å²) >= 11 is 0. The topological polar surface area (TPSA) is 76.1 Å². The number of benzene rings is 2. The zero-order valence-corrected chi connectivity index (χ0v) is 16.4. The molecule has 2 aromatic carbocycles. The number of nitrogens with zero attached hydrogens (tertiary/aromatic N) is 1. The second kappa shape index (κ2) is 6.10. The summed E-state index contributed by atoms with van der Waals surface area (Å²) in [6.07, 6.45) is 5.82. The second-order valence-electron chi connectivity index (χ2n) is 7.80. The number of aromatic amines is 1. The molecule has 30 heavy (non-hydrogen) atoms. The van der Waals surface area contributed by atoms with Crippen LogP contribution >= 0.6 is 0 Å². The molecule has 4 heterocycles. The van der Waals surface area contributed by atoms with Gasteiger partial charge in [0.1, 0.15) is 5.75 Å². The molecule has 2 amide bonds. The number of hydrogen-bond donors (Lipinski definition) is 2. The number of carbonyl (C=O) groups excluding carboxylic acids is 2. The minimum absolute atomic E-state index is 0.358. The molecule has 0 atom stereocenters. The summed E-state index contributed by atoms with van der Waals surface area (Å²) in [6.45, 7) is 0.890. The van der Waals surface area contributed by atoms with Gasteiger partial charge in [0.2, 0.25) is 0 Å². The average molecular weight is 397 g/mol. The fraction of sp³-hybridized carbons (Fsp3) is 0.167. The van der Waals surface area contributed by atoms with Gasteiger partial charge in [-0.2, -0.15) is 0 Å². The van der Waals surface area contributed by atoms with E-state index in [-0.39, 0.29) is 11.8 Å². The number of hydrogen-bond acceptors (Lipinski definition) is 3. The van der Waals surface area contributed by atoms with Crippen LogP contribution in [0.1, 0.15) is 23.1 Å². The highest BCUT2D eigenvalue weighted by molar-refractivity contribution is 6.50. The van der Waals surface area contributed by atoms with Crippen LogP contribution in [0.5, 0.6) is 5.75 Å². The van der Waals surface area contributed by atoms with Crippen LogP contribution in [-0.4, -0.2) is 28.5 Å². The van der Waals surface area contributed by atoms with Crippen molar-refractivity contribution in [3.8, 4) is 5.75 Å². The summed E-state index contributed by atoms with van der Waals surface area (Å²) < 4.78 is 7.72. The van der Waals surface area contributed by atoms with Crippen molar-refractivity contribution in [2.24, 2.45) is 0 Å². The van der Waals surface area contributed by atoms with Crippen molar-refractivity contribution < 1.29 is 14.3 Å². The summed E-state index contributed by atoms with van der Waals surface area (Å²) in [4.78, 5) is 29.1. The van der Waals surface area contributed by atoms with Crippen LogP contribution < -0.4 is 10.1 Å². The Hall–Kier alpha value is -3.80. The first-order valence-electron chi connectivity index (χ1n) is 10.0. The van der Waals surface area contributed by atoms with Gasteiger partial charge in [0.15, 0.2) is 0 Å². The summed E-state index contributed by atoms with van der Waals surface area (Å²) in [5.74, 6) is 0.0407. The van der Waals surface area contributed by atoms with E-state index in [1.807, 2.05) is 42.7 Å². The largest absolute Gasteiger partial charge is 0.497 e. The van der Waals surface area contributed by atoms with Gasteiger partial charge in [0.25, 0.3) is 11.8 Å². The summed E-state index contributed by atoms with van der Waals surface area (Å²) in [5, 5.41) is 4.38. The van der Waals surface area contributed by atoms with Crippen molar-refractivity contribution in [2.75, 3.05) is 7.11 Å². The predicted molar refractivity (Wildman–Crippen MR) is 115 cm³/mol. The highest BCUT2D eigenvalue weighted by atomic mass is 16.5. The van der Waals surface area contributed by atoms with E-state index in [1.165, 1.54) is 5.56 Å². The van der Waals surface area contributed by atoms with Gasteiger partial charge in [-0.1, -0.05) is 18.2 Å². The SMILES string of the molecule is COc1cc2c3c(c1)c(C1=C(c4c[nH]c5ccccc45)C(=O)NC1=O)cn3CCC2. The molecule has 6 rings (SSSR count). The molecule has 0 unspecified atom stereocenters. The Bertz CT molecular complexity index is 1420. The Morgan fingerprint density at radius 3 is 2.63 bits per heavy atom. The fourth-order valence-electron chi connectivity index (χ4n) is 4.87. The molecule has 0 saturated heterocycles. The highest BCUT2D eigenvalue weighted by Gasteiger charge is 2.35. The standard InChI is InChI=1S/C24H19N3O3/c1-30-14-9-13-5-4-8-27-12-18(16(10-14)22(13)27)21-20(23(28)26-24(21)29)17-11-25-19-7-3-2-6-15(17)19/h2-3,6-7,9-12,25H,4-5,8H2,1H3,(H,26,28,29). The van der Waals surface area contributed by atoms with Crippen molar-refractivity contribution in [1.29, 1.82) is 0 Å². The molecular formula is C24H19N3O3. The van der Waals surface area contributed by atoms with Crippen LogP contribution in [0, 0.1) is 0 Å². The number of H-pyrrole nitrogens is 1.